The number of aryl methyl sites for hydroxylation is 1. The molecule has 0 amide bonds. The van der Waals surface area contributed by atoms with Crippen molar-refractivity contribution in [3.63, 3.8) is 0 Å². The van der Waals surface area contributed by atoms with E-state index in [4.69, 9.17) is 11.6 Å². The van der Waals surface area contributed by atoms with E-state index in [-0.39, 0.29) is 0 Å². The third-order valence-corrected chi connectivity index (χ3v) is 2.85. The van der Waals surface area contributed by atoms with E-state index < -0.39 is 0 Å². The molecule has 2 heterocycles. The average molecular weight is 304 g/mol. The van der Waals surface area contributed by atoms with Gasteiger partial charge < -0.3 is 5.01 Å². The van der Waals surface area contributed by atoms with Gasteiger partial charge in [0, 0.05) is 37.1 Å². The molecule has 0 spiro atoms. The quantitative estimate of drug-likeness (QED) is 0.815. The molecule has 0 unspecified atom stereocenters. The Kier molecular flexibility index (Phi) is 3.35. The van der Waals surface area contributed by atoms with E-state index >= 15 is 0 Å². The minimum absolute atomic E-state index is 0.554. The van der Waals surface area contributed by atoms with E-state index in [0.29, 0.717) is 5.88 Å². The molecule has 0 saturated carbocycles. The molecule has 2 aromatic rings. The third kappa shape index (κ3) is 2.01. The predicted octanol–water partition coefficient (Wildman–Crippen LogP) is 2.17. The first-order valence-corrected chi connectivity index (χ1v) is 6.22. The SMILES string of the molecule is CN(C)n1c(CCCl)nc2cc(Br)cnc21. The summed E-state index contributed by atoms with van der Waals surface area (Å²) in [6.45, 7) is 0. The third-order valence-electron chi connectivity index (χ3n) is 2.23. The Hall–Kier alpha value is -0.810. The molecular formula is C10H12BrClN4. The van der Waals surface area contributed by atoms with Gasteiger partial charge in [0.15, 0.2) is 5.65 Å². The highest BCUT2D eigenvalue weighted by Gasteiger charge is 2.12. The second kappa shape index (κ2) is 4.59. The molecule has 0 aliphatic heterocycles. The van der Waals surface area contributed by atoms with Crippen LogP contribution in [-0.2, 0) is 6.42 Å². The minimum Gasteiger partial charge on any atom is -0.316 e. The van der Waals surface area contributed by atoms with Gasteiger partial charge in [-0.25, -0.2) is 14.6 Å². The van der Waals surface area contributed by atoms with Crippen molar-refractivity contribution in [2.24, 2.45) is 0 Å². The van der Waals surface area contributed by atoms with Crippen molar-refractivity contribution >= 4 is 38.7 Å². The van der Waals surface area contributed by atoms with Crippen molar-refractivity contribution in [1.82, 2.24) is 14.6 Å². The van der Waals surface area contributed by atoms with Crippen LogP contribution in [0.3, 0.4) is 0 Å². The Labute approximate surface area is 107 Å². The fraction of sp³-hybridized carbons (Fsp3) is 0.400. The van der Waals surface area contributed by atoms with Crippen LogP contribution >= 0.6 is 27.5 Å². The fourth-order valence-corrected chi connectivity index (χ4v) is 2.13. The van der Waals surface area contributed by atoms with Gasteiger partial charge in [0.2, 0.25) is 0 Å². The van der Waals surface area contributed by atoms with Crippen LogP contribution in [-0.4, -0.2) is 34.6 Å². The summed E-state index contributed by atoms with van der Waals surface area (Å²) in [7, 11) is 3.92. The first kappa shape index (κ1) is 11.7. The highest BCUT2D eigenvalue weighted by molar-refractivity contribution is 9.10. The molecule has 0 aromatic carbocycles. The van der Waals surface area contributed by atoms with Gasteiger partial charge in [-0.3, -0.25) is 0 Å². The van der Waals surface area contributed by atoms with E-state index in [2.05, 4.69) is 25.9 Å². The van der Waals surface area contributed by atoms with Crippen molar-refractivity contribution in [3.8, 4) is 0 Å². The summed E-state index contributed by atoms with van der Waals surface area (Å²) in [6, 6.07) is 1.96. The van der Waals surface area contributed by atoms with Crippen LogP contribution in [0.15, 0.2) is 16.7 Å². The Balaban J connectivity index is 2.65. The number of alkyl halides is 1. The molecule has 4 nitrogen and oxygen atoms in total. The van der Waals surface area contributed by atoms with Crippen LogP contribution in [0.5, 0.6) is 0 Å². The maximum atomic E-state index is 5.77. The molecule has 0 bridgehead atoms. The highest BCUT2D eigenvalue weighted by atomic mass is 79.9. The van der Waals surface area contributed by atoms with Gasteiger partial charge in [0.1, 0.15) is 11.3 Å². The molecule has 0 aliphatic rings. The molecule has 2 aromatic heterocycles. The number of halogens is 2. The molecule has 6 heteroatoms. The number of aromatic nitrogens is 3. The second-order valence-electron chi connectivity index (χ2n) is 3.62. The van der Waals surface area contributed by atoms with Crippen molar-refractivity contribution < 1.29 is 0 Å². The number of rotatable bonds is 3. The predicted molar refractivity (Wildman–Crippen MR) is 69.7 cm³/mol. The Morgan fingerprint density at radius 3 is 2.88 bits per heavy atom. The first-order valence-electron chi connectivity index (χ1n) is 4.90. The Morgan fingerprint density at radius 1 is 1.50 bits per heavy atom. The summed E-state index contributed by atoms with van der Waals surface area (Å²) >= 11 is 9.16. The monoisotopic (exact) mass is 302 g/mol. The Morgan fingerprint density at radius 2 is 2.25 bits per heavy atom. The first-order chi connectivity index (χ1) is 7.63. The van der Waals surface area contributed by atoms with E-state index in [9.17, 15) is 0 Å². The maximum Gasteiger partial charge on any atom is 0.179 e. The number of pyridine rings is 1. The summed E-state index contributed by atoms with van der Waals surface area (Å²) in [4.78, 5) is 8.90. The van der Waals surface area contributed by atoms with Crippen LogP contribution in [0, 0.1) is 0 Å². The summed E-state index contributed by atoms with van der Waals surface area (Å²) in [5.74, 6) is 1.49. The zero-order valence-electron chi connectivity index (χ0n) is 9.11. The van der Waals surface area contributed by atoms with E-state index in [1.807, 2.05) is 29.8 Å². The van der Waals surface area contributed by atoms with Gasteiger partial charge in [-0.05, 0) is 22.0 Å². The fourth-order valence-electron chi connectivity index (χ4n) is 1.64. The van der Waals surface area contributed by atoms with Crippen molar-refractivity contribution in [2.75, 3.05) is 25.0 Å². The van der Waals surface area contributed by atoms with Gasteiger partial charge in [-0.1, -0.05) is 0 Å². The van der Waals surface area contributed by atoms with Crippen molar-refractivity contribution in [3.05, 3.63) is 22.6 Å². The zero-order chi connectivity index (χ0) is 11.7. The molecule has 0 atom stereocenters. The van der Waals surface area contributed by atoms with Gasteiger partial charge >= 0.3 is 0 Å². The van der Waals surface area contributed by atoms with Gasteiger partial charge in [0.25, 0.3) is 0 Å². The van der Waals surface area contributed by atoms with Crippen molar-refractivity contribution in [2.45, 2.75) is 6.42 Å². The molecule has 0 N–H and O–H groups in total. The van der Waals surface area contributed by atoms with Crippen LogP contribution in [0.2, 0.25) is 0 Å². The number of hydrogen-bond acceptors (Lipinski definition) is 3. The number of hydrogen-bond donors (Lipinski definition) is 0. The van der Waals surface area contributed by atoms with Gasteiger partial charge in [-0.2, -0.15) is 0 Å². The lowest BCUT2D eigenvalue weighted by Crippen LogP contribution is -2.27. The van der Waals surface area contributed by atoms with Crippen LogP contribution in [0.4, 0.5) is 0 Å². The van der Waals surface area contributed by atoms with Crippen molar-refractivity contribution in [1.29, 1.82) is 0 Å². The lowest BCUT2D eigenvalue weighted by molar-refractivity contribution is 0.697. The summed E-state index contributed by atoms with van der Waals surface area (Å²) in [6.07, 6.45) is 2.50. The molecule has 16 heavy (non-hydrogen) atoms. The normalized spacial score (nSPS) is 11.0. The van der Waals surface area contributed by atoms with Gasteiger partial charge in [-0.15, -0.1) is 11.6 Å². The molecule has 0 aliphatic carbocycles. The lowest BCUT2D eigenvalue weighted by Gasteiger charge is -2.16. The molecular weight excluding hydrogens is 291 g/mol. The largest absolute Gasteiger partial charge is 0.316 e. The number of fused-ring (bicyclic) bond motifs is 1. The number of imidazole rings is 1. The molecule has 0 radical (unpaired) electrons. The Bertz CT molecular complexity index is 509. The average Bonchev–Trinajstić information content (AvgIpc) is 2.55. The molecule has 2 rings (SSSR count). The van der Waals surface area contributed by atoms with E-state index in [0.717, 1.165) is 27.9 Å². The van der Waals surface area contributed by atoms with Crippen LogP contribution < -0.4 is 5.01 Å². The zero-order valence-corrected chi connectivity index (χ0v) is 11.5. The van der Waals surface area contributed by atoms with E-state index in [1.165, 1.54) is 0 Å². The highest BCUT2D eigenvalue weighted by Crippen LogP contribution is 2.18. The standard InChI is InChI=1S/C10H12BrClN4/c1-15(2)16-9(3-4-12)14-8-5-7(11)6-13-10(8)16/h5-6H,3-4H2,1-2H3. The smallest absolute Gasteiger partial charge is 0.179 e. The summed E-state index contributed by atoms with van der Waals surface area (Å²) < 4.78 is 2.91. The summed E-state index contributed by atoms with van der Waals surface area (Å²) in [5.41, 5.74) is 1.73. The minimum atomic E-state index is 0.554. The maximum absolute atomic E-state index is 5.77. The van der Waals surface area contributed by atoms with Crippen LogP contribution in [0.1, 0.15) is 5.82 Å². The lowest BCUT2D eigenvalue weighted by atomic mass is 10.4. The molecule has 0 fully saturated rings. The second-order valence-corrected chi connectivity index (χ2v) is 4.92. The van der Waals surface area contributed by atoms with E-state index in [1.54, 1.807) is 6.20 Å². The summed E-state index contributed by atoms with van der Waals surface area (Å²) in [5, 5.41) is 1.96. The molecule has 0 saturated heterocycles. The molecule has 86 valence electrons. The van der Waals surface area contributed by atoms with Crippen LogP contribution in [0.25, 0.3) is 11.2 Å². The van der Waals surface area contributed by atoms with Gasteiger partial charge in [0.05, 0.1) is 0 Å². The topological polar surface area (TPSA) is 34.0 Å². The number of nitrogens with zero attached hydrogens (tertiary/aromatic N) is 4.